The van der Waals surface area contributed by atoms with Crippen molar-refractivity contribution < 1.29 is 4.39 Å². The van der Waals surface area contributed by atoms with E-state index in [1.165, 1.54) is 5.57 Å². The molecule has 2 nitrogen and oxygen atoms in total. The van der Waals surface area contributed by atoms with E-state index in [9.17, 15) is 4.39 Å². The van der Waals surface area contributed by atoms with E-state index in [0.29, 0.717) is 6.04 Å². The predicted octanol–water partition coefficient (Wildman–Crippen LogP) is 2.06. The lowest BCUT2D eigenvalue weighted by atomic mass is 9.87. The Hall–Kier alpha value is -1.19. The highest BCUT2D eigenvalue weighted by Gasteiger charge is 2.25. The molecular weight excluding hydrogens is 227 g/mol. The van der Waals surface area contributed by atoms with Crippen molar-refractivity contribution in [1.29, 1.82) is 0 Å². The predicted molar refractivity (Wildman–Crippen MR) is 72.0 cm³/mol. The van der Waals surface area contributed by atoms with E-state index in [1.807, 2.05) is 6.07 Å². The number of piperazine rings is 1. The van der Waals surface area contributed by atoms with Crippen LogP contribution in [-0.4, -0.2) is 37.6 Å². The van der Waals surface area contributed by atoms with Crippen LogP contribution in [0.15, 0.2) is 23.8 Å². The first kappa shape index (κ1) is 11.9. The van der Waals surface area contributed by atoms with Crippen LogP contribution in [-0.2, 0) is 6.42 Å². The normalized spacial score (nSPS) is 24.6. The van der Waals surface area contributed by atoms with Gasteiger partial charge in [0.2, 0.25) is 0 Å². The van der Waals surface area contributed by atoms with Gasteiger partial charge in [0.25, 0.3) is 0 Å². The first-order valence-corrected chi connectivity index (χ1v) is 6.64. The lowest BCUT2D eigenvalue weighted by molar-refractivity contribution is 0.224. The quantitative estimate of drug-likeness (QED) is 0.816. The summed E-state index contributed by atoms with van der Waals surface area (Å²) in [6.45, 7) is 3.09. The van der Waals surface area contributed by atoms with Crippen molar-refractivity contribution in [1.82, 2.24) is 10.2 Å². The Balaban J connectivity index is 1.93. The summed E-state index contributed by atoms with van der Waals surface area (Å²) in [6.07, 6.45) is 4.08. The maximum absolute atomic E-state index is 13.8. The van der Waals surface area contributed by atoms with E-state index in [1.54, 1.807) is 12.1 Å². The van der Waals surface area contributed by atoms with Crippen molar-refractivity contribution >= 4 is 6.08 Å². The molecule has 0 saturated carbocycles. The molecule has 0 bridgehead atoms. The zero-order valence-electron chi connectivity index (χ0n) is 10.7. The van der Waals surface area contributed by atoms with Gasteiger partial charge in [0, 0.05) is 31.2 Å². The van der Waals surface area contributed by atoms with E-state index in [4.69, 9.17) is 0 Å². The molecule has 0 spiro atoms. The highest BCUT2D eigenvalue weighted by Crippen LogP contribution is 2.29. The van der Waals surface area contributed by atoms with Crippen LogP contribution in [0.1, 0.15) is 17.5 Å². The van der Waals surface area contributed by atoms with Crippen LogP contribution in [0.5, 0.6) is 0 Å². The zero-order valence-corrected chi connectivity index (χ0v) is 10.7. The second-order valence-corrected chi connectivity index (χ2v) is 5.23. The molecule has 1 aliphatic heterocycles. The van der Waals surface area contributed by atoms with E-state index in [0.717, 1.165) is 43.6 Å². The fourth-order valence-electron chi connectivity index (χ4n) is 2.98. The van der Waals surface area contributed by atoms with Crippen LogP contribution in [0.2, 0.25) is 0 Å². The summed E-state index contributed by atoms with van der Waals surface area (Å²) in [4.78, 5) is 2.37. The van der Waals surface area contributed by atoms with Crippen LogP contribution >= 0.6 is 0 Å². The van der Waals surface area contributed by atoms with E-state index < -0.39 is 0 Å². The molecule has 1 N–H and O–H groups in total. The van der Waals surface area contributed by atoms with Gasteiger partial charge in [0.15, 0.2) is 0 Å². The maximum atomic E-state index is 13.8. The summed E-state index contributed by atoms with van der Waals surface area (Å²) >= 11 is 0. The Morgan fingerprint density at radius 2 is 2.22 bits per heavy atom. The third-order valence-corrected chi connectivity index (χ3v) is 4.10. The maximum Gasteiger partial charge on any atom is 0.130 e. The third-order valence-electron chi connectivity index (χ3n) is 4.10. The minimum absolute atomic E-state index is 0.0869. The molecule has 0 amide bonds. The lowest BCUT2D eigenvalue weighted by Crippen LogP contribution is -2.50. The Labute approximate surface area is 107 Å². The average Bonchev–Trinajstić information content (AvgIpc) is 2.40. The molecule has 1 saturated heterocycles. The molecule has 1 atom stereocenters. The smallest absolute Gasteiger partial charge is 0.130 e. The molecule has 3 rings (SSSR count). The standard InChI is InChI=1S/C15H19FN2/c1-18-8-7-17-10-15(18)12-6-5-11-3-2-4-14(16)13(11)9-12/h2-4,9,15,17H,5-8,10H2,1H3. The van der Waals surface area contributed by atoms with Crippen molar-refractivity contribution in [3.05, 3.63) is 40.7 Å². The van der Waals surface area contributed by atoms with Crippen molar-refractivity contribution in [2.24, 2.45) is 0 Å². The van der Waals surface area contributed by atoms with Crippen molar-refractivity contribution in [3.63, 3.8) is 0 Å². The van der Waals surface area contributed by atoms with Crippen LogP contribution < -0.4 is 5.32 Å². The number of aryl methyl sites for hydroxylation is 1. The lowest BCUT2D eigenvalue weighted by Gasteiger charge is -2.36. The molecule has 18 heavy (non-hydrogen) atoms. The molecule has 0 aromatic heterocycles. The van der Waals surface area contributed by atoms with Crippen LogP contribution in [0.4, 0.5) is 4.39 Å². The van der Waals surface area contributed by atoms with Crippen LogP contribution in [0.25, 0.3) is 6.08 Å². The van der Waals surface area contributed by atoms with Gasteiger partial charge in [-0.15, -0.1) is 0 Å². The largest absolute Gasteiger partial charge is 0.314 e. The second kappa shape index (κ2) is 4.82. The molecule has 1 aromatic rings. The van der Waals surface area contributed by atoms with Gasteiger partial charge in [0.05, 0.1) is 0 Å². The topological polar surface area (TPSA) is 15.3 Å². The van der Waals surface area contributed by atoms with Crippen molar-refractivity contribution in [2.75, 3.05) is 26.7 Å². The summed E-state index contributed by atoms with van der Waals surface area (Å²) in [7, 11) is 2.16. The highest BCUT2D eigenvalue weighted by molar-refractivity contribution is 5.61. The Bertz CT molecular complexity index is 481. The SMILES string of the molecule is CN1CCNCC1C1=Cc2c(F)cccc2CC1. The van der Waals surface area contributed by atoms with E-state index in [-0.39, 0.29) is 5.82 Å². The van der Waals surface area contributed by atoms with Gasteiger partial charge in [-0.3, -0.25) is 4.90 Å². The molecule has 0 radical (unpaired) electrons. The molecule has 1 unspecified atom stereocenters. The molecule has 1 aromatic carbocycles. The van der Waals surface area contributed by atoms with Gasteiger partial charge >= 0.3 is 0 Å². The third kappa shape index (κ3) is 2.08. The Morgan fingerprint density at radius 3 is 3.06 bits per heavy atom. The molecule has 2 aliphatic rings. The molecule has 1 heterocycles. The van der Waals surface area contributed by atoms with Gasteiger partial charge in [-0.25, -0.2) is 4.39 Å². The minimum atomic E-state index is -0.0869. The number of fused-ring (bicyclic) bond motifs is 1. The van der Waals surface area contributed by atoms with E-state index in [2.05, 4.69) is 23.3 Å². The number of benzene rings is 1. The van der Waals surface area contributed by atoms with Crippen LogP contribution in [0, 0.1) is 5.82 Å². The Morgan fingerprint density at radius 1 is 1.33 bits per heavy atom. The molecular formula is C15H19FN2. The highest BCUT2D eigenvalue weighted by atomic mass is 19.1. The molecule has 3 heteroatoms. The Kier molecular flexibility index (Phi) is 3.18. The summed E-state index contributed by atoms with van der Waals surface area (Å²) in [5.41, 5.74) is 3.31. The number of nitrogens with zero attached hydrogens (tertiary/aromatic N) is 1. The molecule has 1 aliphatic carbocycles. The van der Waals surface area contributed by atoms with E-state index >= 15 is 0 Å². The summed E-state index contributed by atoms with van der Waals surface area (Å²) in [5.74, 6) is -0.0869. The van der Waals surface area contributed by atoms with Crippen molar-refractivity contribution in [2.45, 2.75) is 18.9 Å². The van der Waals surface area contributed by atoms with Gasteiger partial charge in [-0.05, 0) is 31.5 Å². The average molecular weight is 246 g/mol. The molecule has 96 valence electrons. The van der Waals surface area contributed by atoms with Gasteiger partial charge in [-0.1, -0.05) is 23.8 Å². The second-order valence-electron chi connectivity index (χ2n) is 5.23. The monoisotopic (exact) mass is 246 g/mol. The van der Waals surface area contributed by atoms with Crippen LogP contribution in [0.3, 0.4) is 0 Å². The number of rotatable bonds is 1. The first-order valence-electron chi connectivity index (χ1n) is 6.64. The van der Waals surface area contributed by atoms with Gasteiger partial charge in [-0.2, -0.15) is 0 Å². The summed E-state index contributed by atoms with van der Waals surface area (Å²) in [6, 6.07) is 5.82. The molecule has 1 fully saturated rings. The first-order chi connectivity index (χ1) is 8.75. The fourth-order valence-corrected chi connectivity index (χ4v) is 2.98. The number of likely N-dealkylation sites (N-methyl/N-ethyl adjacent to an activating group) is 1. The summed E-state index contributed by atoms with van der Waals surface area (Å²) in [5, 5.41) is 3.42. The summed E-state index contributed by atoms with van der Waals surface area (Å²) < 4.78 is 13.8. The van der Waals surface area contributed by atoms with Crippen molar-refractivity contribution in [3.8, 4) is 0 Å². The number of nitrogens with one attached hydrogen (secondary N) is 1. The number of halogens is 1. The minimum Gasteiger partial charge on any atom is -0.314 e. The zero-order chi connectivity index (χ0) is 12.5. The van der Waals surface area contributed by atoms with Gasteiger partial charge in [0.1, 0.15) is 5.82 Å². The van der Waals surface area contributed by atoms with Gasteiger partial charge < -0.3 is 5.32 Å². The number of hydrogen-bond acceptors (Lipinski definition) is 2. The number of hydrogen-bond donors (Lipinski definition) is 1. The fraction of sp³-hybridized carbons (Fsp3) is 0.467.